The van der Waals surface area contributed by atoms with Gasteiger partial charge >= 0.3 is 0 Å². The van der Waals surface area contributed by atoms with Gasteiger partial charge in [0.25, 0.3) is 0 Å². The van der Waals surface area contributed by atoms with E-state index in [-0.39, 0.29) is 17.8 Å². The van der Waals surface area contributed by atoms with Crippen LogP contribution in [0.15, 0.2) is 0 Å². The number of aromatic nitrogens is 1. The van der Waals surface area contributed by atoms with Crippen LogP contribution in [0.2, 0.25) is 0 Å². The van der Waals surface area contributed by atoms with Gasteiger partial charge in [0.2, 0.25) is 0 Å². The summed E-state index contributed by atoms with van der Waals surface area (Å²) in [5, 5.41) is 1.32. The Bertz CT molecular complexity index is 486. The predicted octanol–water partition coefficient (Wildman–Crippen LogP) is 3.25. The quantitative estimate of drug-likeness (QED) is 0.905. The van der Waals surface area contributed by atoms with Crippen LogP contribution in [0.4, 0.5) is 0 Å². The second kappa shape index (κ2) is 6.53. The summed E-state index contributed by atoms with van der Waals surface area (Å²) < 4.78 is 0. The van der Waals surface area contributed by atoms with Crippen LogP contribution < -0.4 is 5.73 Å². The molecule has 5 heteroatoms. The van der Waals surface area contributed by atoms with Gasteiger partial charge in [0, 0.05) is 24.0 Å². The minimum Gasteiger partial charge on any atom is -0.327 e. The van der Waals surface area contributed by atoms with Crippen LogP contribution in [0.3, 0.4) is 0 Å². The first-order valence-electron chi connectivity index (χ1n) is 7.89. The van der Waals surface area contributed by atoms with Gasteiger partial charge in [0.1, 0.15) is 5.01 Å². The van der Waals surface area contributed by atoms with Crippen molar-refractivity contribution in [1.82, 2.24) is 9.88 Å². The molecule has 120 valence electrons. The predicted molar refractivity (Wildman–Crippen MR) is 92.2 cm³/mol. The van der Waals surface area contributed by atoms with Gasteiger partial charge in [-0.05, 0) is 37.0 Å². The largest absolute Gasteiger partial charge is 0.327 e. The van der Waals surface area contributed by atoms with E-state index in [1.54, 1.807) is 4.88 Å². The van der Waals surface area contributed by atoms with Crippen LogP contribution in [0.25, 0.3) is 0 Å². The number of nitrogens with zero attached hydrogens (tertiary/aromatic N) is 2. The van der Waals surface area contributed by atoms with Gasteiger partial charge in [0.05, 0.1) is 12.2 Å². The number of fused-ring (bicyclic) bond motifs is 1. The zero-order chi connectivity index (χ0) is 14.3. The van der Waals surface area contributed by atoms with Gasteiger partial charge < -0.3 is 5.73 Å². The third-order valence-electron chi connectivity index (χ3n) is 4.98. The molecule has 0 saturated carbocycles. The maximum atomic E-state index is 6.22. The maximum absolute atomic E-state index is 6.22. The zero-order valence-electron chi connectivity index (χ0n) is 13.4. The number of hydrogen-bond donors (Lipinski definition) is 1. The van der Waals surface area contributed by atoms with Gasteiger partial charge in [-0.3, -0.25) is 4.90 Å². The van der Waals surface area contributed by atoms with Crippen molar-refractivity contribution < 1.29 is 0 Å². The Kier molecular flexibility index (Phi) is 5.35. The standard InChI is InChI=1S/C16H27N3S.ClH/c1-11-4-5-12-13(8-11)20-15(18-12)9-19-7-6-14(17)16(2,3)10-19;/h11,14H,4-10,17H2,1-3H3;1H. The maximum Gasteiger partial charge on any atom is 0.107 e. The van der Waals surface area contributed by atoms with Crippen LogP contribution in [0.5, 0.6) is 0 Å². The molecule has 2 unspecified atom stereocenters. The topological polar surface area (TPSA) is 42.2 Å². The van der Waals surface area contributed by atoms with Gasteiger partial charge in [-0.1, -0.05) is 20.8 Å². The van der Waals surface area contributed by atoms with E-state index in [2.05, 4.69) is 25.7 Å². The molecule has 0 amide bonds. The fraction of sp³-hybridized carbons (Fsp3) is 0.812. The SMILES string of the molecule is CC1CCc2nc(CN3CCC(N)C(C)(C)C3)sc2C1.Cl. The van der Waals surface area contributed by atoms with Gasteiger partial charge in [0.15, 0.2) is 0 Å². The second-order valence-corrected chi connectivity index (χ2v) is 8.59. The van der Waals surface area contributed by atoms with Crippen molar-refractivity contribution in [3.05, 3.63) is 15.6 Å². The Balaban J connectivity index is 0.00000161. The summed E-state index contributed by atoms with van der Waals surface area (Å²) >= 11 is 1.95. The van der Waals surface area contributed by atoms with Gasteiger partial charge in [-0.15, -0.1) is 23.7 Å². The highest BCUT2D eigenvalue weighted by Crippen LogP contribution is 2.32. The number of aryl methyl sites for hydroxylation is 1. The summed E-state index contributed by atoms with van der Waals surface area (Å²) in [6.07, 6.45) is 4.84. The average molecular weight is 330 g/mol. The molecular formula is C16H28ClN3S. The number of rotatable bonds is 2. The normalized spacial score (nSPS) is 28.8. The lowest BCUT2D eigenvalue weighted by Gasteiger charge is -2.42. The van der Waals surface area contributed by atoms with E-state index >= 15 is 0 Å². The van der Waals surface area contributed by atoms with E-state index < -0.39 is 0 Å². The van der Waals surface area contributed by atoms with Crippen molar-refractivity contribution in [3.63, 3.8) is 0 Å². The minimum absolute atomic E-state index is 0. The lowest BCUT2D eigenvalue weighted by molar-refractivity contribution is 0.0898. The van der Waals surface area contributed by atoms with Gasteiger partial charge in [-0.2, -0.15) is 0 Å². The Morgan fingerprint density at radius 2 is 2.14 bits per heavy atom. The molecule has 0 aromatic carbocycles. The van der Waals surface area contributed by atoms with E-state index in [4.69, 9.17) is 10.7 Å². The van der Waals surface area contributed by atoms with Crippen LogP contribution >= 0.6 is 23.7 Å². The molecule has 0 spiro atoms. The first-order valence-corrected chi connectivity index (χ1v) is 8.71. The Morgan fingerprint density at radius 1 is 1.38 bits per heavy atom. The molecule has 1 aliphatic carbocycles. The summed E-state index contributed by atoms with van der Waals surface area (Å²) in [5.41, 5.74) is 7.83. The van der Waals surface area contributed by atoms with Crippen LogP contribution in [0, 0.1) is 11.3 Å². The molecule has 1 aliphatic heterocycles. The summed E-state index contributed by atoms with van der Waals surface area (Å²) in [4.78, 5) is 8.98. The first kappa shape index (κ1) is 17.2. The lowest BCUT2D eigenvalue weighted by atomic mass is 9.80. The second-order valence-electron chi connectivity index (χ2n) is 7.42. The van der Waals surface area contributed by atoms with Crippen molar-refractivity contribution in [3.8, 4) is 0 Å². The van der Waals surface area contributed by atoms with Crippen molar-refractivity contribution in [2.75, 3.05) is 13.1 Å². The van der Waals surface area contributed by atoms with E-state index in [0.717, 1.165) is 32.0 Å². The van der Waals surface area contributed by atoms with Crippen LogP contribution in [-0.4, -0.2) is 29.0 Å². The molecule has 0 bridgehead atoms. The average Bonchev–Trinajstić information content (AvgIpc) is 2.75. The summed E-state index contributed by atoms with van der Waals surface area (Å²) in [6, 6.07) is 0.337. The van der Waals surface area contributed by atoms with Gasteiger partial charge in [-0.25, -0.2) is 4.98 Å². The summed E-state index contributed by atoms with van der Waals surface area (Å²) in [5.74, 6) is 0.836. The summed E-state index contributed by atoms with van der Waals surface area (Å²) in [7, 11) is 0. The molecule has 1 saturated heterocycles. The first-order chi connectivity index (χ1) is 9.44. The lowest BCUT2D eigenvalue weighted by Crippen LogP contribution is -2.52. The molecule has 3 rings (SSSR count). The smallest absolute Gasteiger partial charge is 0.107 e. The number of likely N-dealkylation sites (tertiary alicyclic amines) is 1. The Labute approximate surface area is 138 Å². The molecular weight excluding hydrogens is 302 g/mol. The number of halogens is 1. The highest BCUT2D eigenvalue weighted by Gasteiger charge is 2.33. The monoisotopic (exact) mass is 329 g/mol. The van der Waals surface area contributed by atoms with E-state index in [0.29, 0.717) is 6.04 Å². The van der Waals surface area contributed by atoms with E-state index in [9.17, 15) is 0 Å². The molecule has 1 fully saturated rings. The fourth-order valence-electron chi connectivity index (χ4n) is 3.47. The molecule has 2 atom stereocenters. The van der Waals surface area contributed by atoms with Crippen LogP contribution in [-0.2, 0) is 19.4 Å². The van der Waals surface area contributed by atoms with Crippen molar-refractivity contribution in [2.45, 2.75) is 59.0 Å². The highest BCUT2D eigenvalue weighted by molar-refractivity contribution is 7.11. The van der Waals surface area contributed by atoms with Crippen molar-refractivity contribution >= 4 is 23.7 Å². The third-order valence-corrected chi connectivity index (χ3v) is 6.09. The summed E-state index contributed by atoms with van der Waals surface area (Å²) in [6.45, 7) is 10.2. The number of thiazole rings is 1. The zero-order valence-corrected chi connectivity index (χ0v) is 15.0. The number of nitrogens with two attached hydrogens (primary N) is 1. The molecule has 1 aromatic rings. The van der Waals surface area contributed by atoms with Crippen LogP contribution in [0.1, 0.15) is 49.2 Å². The van der Waals surface area contributed by atoms with Crippen molar-refractivity contribution in [2.24, 2.45) is 17.1 Å². The Hall–Kier alpha value is -0.160. The number of hydrogen-bond acceptors (Lipinski definition) is 4. The minimum atomic E-state index is 0. The van der Waals surface area contributed by atoms with E-state index in [1.165, 1.54) is 30.0 Å². The Morgan fingerprint density at radius 3 is 2.86 bits per heavy atom. The molecule has 1 aromatic heterocycles. The third kappa shape index (κ3) is 3.79. The molecule has 2 N–H and O–H groups in total. The number of piperidine rings is 1. The molecule has 2 aliphatic rings. The molecule has 2 heterocycles. The molecule has 0 radical (unpaired) electrons. The molecule has 21 heavy (non-hydrogen) atoms. The fourth-order valence-corrected chi connectivity index (χ4v) is 4.79. The highest BCUT2D eigenvalue weighted by atomic mass is 35.5. The van der Waals surface area contributed by atoms with E-state index in [1.807, 2.05) is 11.3 Å². The molecule has 3 nitrogen and oxygen atoms in total. The van der Waals surface area contributed by atoms with Crippen molar-refractivity contribution in [1.29, 1.82) is 0 Å².